The Morgan fingerprint density at radius 2 is 1.45 bits per heavy atom. The number of hydrogen-bond acceptors (Lipinski definition) is 3. The van der Waals surface area contributed by atoms with Gasteiger partial charge < -0.3 is 0 Å². The highest BCUT2D eigenvalue weighted by atomic mass is 15.5. The van der Waals surface area contributed by atoms with Gasteiger partial charge in [0.1, 0.15) is 5.82 Å². The van der Waals surface area contributed by atoms with Crippen LogP contribution in [0.25, 0.3) is 17.0 Å². The number of hydrazone groups is 1. The largest absolute Gasteiger partial charge is 0.240 e. The molecule has 1 atom stereocenters. The van der Waals surface area contributed by atoms with Crippen LogP contribution in [0.15, 0.2) is 108 Å². The molecule has 0 aliphatic carbocycles. The van der Waals surface area contributed by atoms with Crippen LogP contribution in [-0.2, 0) is 0 Å². The van der Waals surface area contributed by atoms with Gasteiger partial charge in [0.05, 0.1) is 17.3 Å². The van der Waals surface area contributed by atoms with Gasteiger partial charge in [-0.3, -0.25) is 0 Å². The lowest BCUT2D eigenvalue weighted by molar-refractivity contribution is 0.700. The molecule has 0 bridgehead atoms. The molecule has 5 rings (SSSR count). The second-order valence-corrected chi connectivity index (χ2v) is 7.17. The van der Waals surface area contributed by atoms with Crippen LogP contribution < -0.4 is 5.01 Å². The molecule has 0 saturated carbocycles. The predicted molar refractivity (Wildman–Crippen MR) is 121 cm³/mol. The number of fused-ring (bicyclic) bond motifs is 1. The molecule has 0 spiro atoms. The summed E-state index contributed by atoms with van der Waals surface area (Å²) >= 11 is 0. The zero-order valence-corrected chi connectivity index (χ0v) is 16.0. The van der Waals surface area contributed by atoms with Gasteiger partial charge in [-0.05, 0) is 35.4 Å². The van der Waals surface area contributed by atoms with Crippen molar-refractivity contribution in [2.45, 2.75) is 12.5 Å². The number of rotatable bonds is 4. The maximum absolute atomic E-state index is 4.94. The summed E-state index contributed by atoms with van der Waals surface area (Å²) in [5.74, 6) is 0.876. The minimum absolute atomic E-state index is 0.139. The molecular formula is C26H21N3. The van der Waals surface area contributed by atoms with Gasteiger partial charge in [-0.25, -0.2) is 9.99 Å². The standard InChI is InChI=1S/C26H21N3/c1-3-9-20(10-4-1)15-17-23-19-25(22-12-5-2-6-13-22)29(28-23)26-18-16-21-11-7-8-14-24(21)27-26/h1-18,25H,19H2/b17-15+/t25-/m1/s1. The van der Waals surface area contributed by atoms with Crippen molar-refractivity contribution in [1.82, 2.24) is 4.98 Å². The number of aromatic nitrogens is 1. The first kappa shape index (κ1) is 17.4. The number of anilines is 1. The molecule has 0 fully saturated rings. The summed E-state index contributed by atoms with van der Waals surface area (Å²) < 4.78 is 0. The third-order valence-corrected chi connectivity index (χ3v) is 5.20. The van der Waals surface area contributed by atoms with Gasteiger partial charge in [0.15, 0.2) is 0 Å². The first-order valence-electron chi connectivity index (χ1n) is 9.87. The van der Waals surface area contributed by atoms with Crippen LogP contribution in [0, 0.1) is 0 Å². The fourth-order valence-electron chi connectivity index (χ4n) is 3.72. The van der Waals surface area contributed by atoms with E-state index in [0.29, 0.717) is 0 Å². The fourth-order valence-corrected chi connectivity index (χ4v) is 3.72. The molecule has 29 heavy (non-hydrogen) atoms. The van der Waals surface area contributed by atoms with E-state index in [4.69, 9.17) is 10.1 Å². The quantitative estimate of drug-likeness (QED) is 0.421. The maximum Gasteiger partial charge on any atom is 0.150 e. The van der Waals surface area contributed by atoms with Crippen LogP contribution in [0.3, 0.4) is 0 Å². The van der Waals surface area contributed by atoms with Gasteiger partial charge in [-0.1, -0.05) is 84.9 Å². The van der Waals surface area contributed by atoms with Crippen LogP contribution in [0.4, 0.5) is 5.82 Å². The SMILES string of the molecule is C(=C\c1ccccc1)/C1=NN(c2ccc3ccccc3n2)[C@@H](c2ccccc2)C1. The highest BCUT2D eigenvalue weighted by molar-refractivity contribution is 6.01. The molecule has 140 valence electrons. The average molecular weight is 375 g/mol. The van der Waals surface area contributed by atoms with Gasteiger partial charge in [0.2, 0.25) is 0 Å². The monoisotopic (exact) mass is 375 g/mol. The van der Waals surface area contributed by atoms with Crippen molar-refractivity contribution in [2.75, 3.05) is 5.01 Å². The molecule has 1 aliphatic rings. The van der Waals surface area contributed by atoms with Gasteiger partial charge in [-0.2, -0.15) is 5.10 Å². The van der Waals surface area contributed by atoms with E-state index >= 15 is 0 Å². The minimum atomic E-state index is 0.139. The second kappa shape index (κ2) is 7.72. The summed E-state index contributed by atoms with van der Waals surface area (Å²) in [6.07, 6.45) is 5.09. The molecule has 0 unspecified atom stereocenters. The molecule has 4 aromatic rings. The lowest BCUT2D eigenvalue weighted by atomic mass is 10.0. The van der Waals surface area contributed by atoms with E-state index in [0.717, 1.165) is 28.9 Å². The van der Waals surface area contributed by atoms with E-state index in [1.165, 1.54) is 11.1 Å². The van der Waals surface area contributed by atoms with Crippen LogP contribution >= 0.6 is 0 Å². The molecule has 0 N–H and O–H groups in total. The molecule has 2 heterocycles. The van der Waals surface area contributed by atoms with Crippen molar-refractivity contribution >= 4 is 28.5 Å². The normalized spacial score (nSPS) is 16.5. The summed E-state index contributed by atoms with van der Waals surface area (Å²) in [6, 6.07) is 33.4. The summed E-state index contributed by atoms with van der Waals surface area (Å²) in [7, 11) is 0. The molecule has 1 aromatic heterocycles. The highest BCUT2D eigenvalue weighted by Gasteiger charge is 2.29. The van der Waals surface area contributed by atoms with E-state index in [1.807, 2.05) is 42.5 Å². The third kappa shape index (κ3) is 3.67. The molecule has 0 amide bonds. The molecule has 1 aliphatic heterocycles. The number of hydrogen-bond donors (Lipinski definition) is 0. The Labute approximate surface area is 170 Å². The summed E-state index contributed by atoms with van der Waals surface area (Å²) in [4.78, 5) is 4.88. The van der Waals surface area contributed by atoms with Gasteiger partial charge in [0, 0.05) is 11.8 Å². The van der Waals surface area contributed by atoms with Gasteiger partial charge in [-0.15, -0.1) is 0 Å². The Morgan fingerprint density at radius 1 is 0.724 bits per heavy atom. The van der Waals surface area contributed by atoms with Crippen molar-refractivity contribution < 1.29 is 0 Å². The van der Waals surface area contributed by atoms with E-state index in [2.05, 4.69) is 71.8 Å². The number of para-hydroxylation sites is 1. The first-order chi connectivity index (χ1) is 14.4. The Hall–Kier alpha value is -3.72. The van der Waals surface area contributed by atoms with Crippen LogP contribution in [0.2, 0.25) is 0 Å². The Kier molecular flexibility index (Phi) is 4.63. The van der Waals surface area contributed by atoms with Crippen molar-refractivity contribution in [1.29, 1.82) is 0 Å². The number of pyridine rings is 1. The minimum Gasteiger partial charge on any atom is -0.240 e. The Bertz CT molecular complexity index is 1180. The van der Waals surface area contributed by atoms with Crippen molar-refractivity contribution in [2.24, 2.45) is 5.10 Å². The van der Waals surface area contributed by atoms with Gasteiger partial charge in [0.25, 0.3) is 0 Å². The molecule has 3 nitrogen and oxygen atoms in total. The van der Waals surface area contributed by atoms with E-state index in [9.17, 15) is 0 Å². The van der Waals surface area contributed by atoms with E-state index in [-0.39, 0.29) is 6.04 Å². The topological polar surface area (TPSA) is 28.5 Å². The summed E-state index contributed by atoms with van der Waals surface area (Å²) in [5, 5.41) is 8.14. The predicted octanol–water partition coefficient (Wildman–Crippen LogP) is 6.26. The van der Waals surface area contributed by atoms with Crippen molar-refractivity contribution in [3.63, 3.8) is 0 Å². The second-order valence-electron chi connectivity index (χ2n) is 7.17. The zero-order chi connectivity index (χ0) is 19.5. The molecule has 3 heteroatoms. The van der Waals surface area contributed by atoms with Crippen LogP contribution in [0.5, 0.6) is 0 Å². The molecular weight excluding hydrogens is 354 g/mol. The van der Waals surface area contributed by atoms with Crippen molar-refractivity contribution in [3.8, 4) is 0 Å². The zero-order valence-electron chi connectivity index (χ0n) is 16.0. The fraction of sp³-hybridized carbons (Fsp3) is 0.0769. The lowest BCUT2D eigenvalue weighted by Crippen LogP contribution is -2.19. The number of benzene rings is 3. The molecule has 0 saturated heterocycles. The first-order valence-corrected chi connectivity index (χ1v) is 9.87. The van der Waals surface area contributed by atoms with E-state index in [1.54, 1.807) is 0 Å². The molecule has 3 aromatic carbocycles. The van der Waals surface area contributed by atoms with E-state index < -0.39 is 0 Å². The van der Waals surface area contributed by atoms with Crippen LogP contribution in [0.1, 0.15) is 23.6 Å². The maximum atomic E-state index is 4.94. The Morgan fingerprint density at radius 3 is 2.28 bits per heavy atom. The summed E-state index contributed by atoms with van der Waals surface area (Å²) in [5.41, 5.74) is 4.46. The smallest absolute Gasteiger partial charge is 0.150 e. The number of nitrogens with zero attached hydrogens (tertiary/aromatic N) is 3. The van der Waals surface area contributed by atoms with Crippen molar-refractivity contribution in [3.05, 3.63) is 114 Å². The van der Waals surface area contributed by atoms with Gasteiger partial charge >= 0.3 is 0 Å². The highest BCUT2D eigenvalue weighted by Crippen LogP contribution is 2.35. The summed E-state index contributed by atoms with van der Waals surface area (Å²) in [6.45, 7) is 0. The molecule has 0 radical (unpaired) electrons. The number of allylic oxidation sites excluding steroid dienone is 1. The van der Waals surface area contributed by atoms with Crippen LogP contribution in [-0.4, -0.2) is 10.7 Å². The Balaban J connectivity index is 1.52. The third-order valence-electron chi connectivity index (χ3n) is 5.20. The lowest BCUT2D eigenvalue weighted by Gasteiger charge is -2.23. The average Bonchev–Trinajstić information content (AvgIpc) is 3.23.